The first-order valence-corrected chi connectivity index (χ1v) is 6.67. The molecule has 0 aromatic heterocycles. The van der Waals surface area contributed by atoms with Crippen LogP contribution in [-0.4, -0.2) is 7.11 Å². The topological polar surface area (TPSA) is 9.23 Å². The highest BCUT2D eigenvalue weighted by Crippen LogP contribution is 2.40. The summed E-state index contributed by atoms with van der Waals surface area (Å²) in [5, 5.41) is 0. The number of rotatable bonds is 2. The van der Waals surface area contributed by atoms with E-state index in [0.717, 1.165) is 12.8 Å². The normalized spacial score (nSPS) is 16.1. The molecule has 96 valence electrons. The lowest BCUT2D eigenvalue weighted by atomic mass is 9.83. The van der Waals surface area contributed by atoms with Crippen molar-refractivity contribution in [1.82, 2.24) is 0 Å². The summed E-state index contributed by atoms with van der Waals surface area (Å²) in [6.07, 6.45) is 4.02. The van der Waals surface area contributed by atoms with Gasteiger partial charge in [-0.2, -0.15) is 0 Å². The minimum Gasteiger partial charge on any atom is -0.365 e. The number of aryl methyl sites for hydroxylation is 2. The fourth-order valence-electron chi connectivity index (χ4n) is 3.14. The minimum absolute atomic E-state index is 0.524. The minimum atomic E-state index is -0.524. The van der Waals surface area contributed by atoms with E-state index in [1.165, 1.54) is 22.3 Å². The fourth-order valence-corrected chi connectivity index (χ4v) is 3.14. The van der Waals surface area contributed by atoms with Crippen molar-refractivity contribution in [2.45, 2.75) is 18.4 Å². The molecule has 0 amide bonds. The Morgan fingerprint density at radius 1 is 0.947 bits per heavy atom. The van der Waals surface area contributed by atoms with Crippen molar-refractivity contribution in [3.8, 4) is 0 Å². The zero-order chi connectivity index (χ0) is 13.3. The van der Waals surface area contributed by atoms with Gasteiger partial charge in [0.15, 0.2) is 0 Å². The average molecular weight is 250 g/mol. The van der Waals surface area contributed by atoms with Crippen LogP contribution in [0.4, 0.5) is 0 Å². The number of fused-ring (bicyclic) bond motifs is 2. The van der Waals surface area contributed by atoms with Crippen LogP contribution >= 0.6 is 0 Å². The summed E-state index contributed by atoms with van der Waals surface area (Å²) >= 11 is 0. The molecule has 0 N–H and O–H groups in total. The summed E-state index contributed by atoms with van der Waals surface area (Å²) in [7, 11) is 1.76. The van der Waals surface area contributed by atoms with E-state index in [-0.39, 0.29) is 0 Å². The van der Waals surface area contributed by atoms with Gasteiger partial charge in [-0.05, 0) is 35.1 Å². The lowest BCUT2D eigenvalue weighted by Crippen LogP contribution is -2.28. The number of benzene rings is 2. The number of hydrogen-bond acceptors (Lipinski definition) is 1. The molecule has 0 fully saturated rings. The van der Waals surface area contributed by atoms with Gasteiger partial charge in [-0.1, -0.05) is 61.2 Å². The quantitative estimate of drug-likeness (QED) is 0.735. The summed E-state index contributed by atoms with van der Waals surface area (Å²) in [5.74, 6) is 0. The molecule has 0 radical (unpaired) electrons. The molecule has 1 aliphatic rings. The molecule has 1 aliphatic carbocycles. The van der Waals surface area contributed by atoms with Gasteiger partial charge in [-0.15, -0.1) is 0 Å². The van der Waals surface area contributed by atoms with Gasteiger partial charge < -0.3 is 4.74 Å². The predicted octanol–water partition coefficient (Wildman–Crippen LogP) is 3.86. The number of ether oxygens (including phenoxy) is 1. The van der Waals surface area contributed by atoms with E-state index in [2.05, 4.69) is 55.1 Å². The maximum Gasteiger partial charge on any atom is 0.136 e. The first-order valence-electron chi connectivity index (χ1n) is 6.67. The van der Waals surface area contributed by atoms with Crippen LogP contribution in [0.5, 0.6) is 0 Å². The maximum atomic E-state index is 5.94. The molecule has 0 heterocycles. The first kappa shape index (κ1) is 12.2. The molecule has 3 rings (SSSR count). The number of methoxy groups -OCH3 is 1. The monoisotopic (exact) mass is 250 g/mol. The van der Waals surface area contributed by atoms with Crippen molar-refractivity contribution in [3.05, 3.63) is 83.4 Å². The molecule has 2 aromatic rings. The van der Waals surface area contributed by atoms with Crippen LogP contribution in [0.1, 0.15) is 22.3 Å². The standard InChI is InChI=1S/C18H18O/c1-3-18(19-2)16-10-6-4-8-14(16)12-13-15-9-5-7-11-17(15)18/h3-11H,1,12-13H2,2H3. The largest absolute Gasteiger partial charge is 0.365 e. The van der Waals surface area contributed by atoms with Gasteiger partial charge in [0, 0.05) is 7.11 Å². The van der Waals surface area contributed by atoms with Crippen molar-refractivity contribution >= 4 is 0 Å². The first-order chi connectivity index (χ1) is 9.31. The van der Waals surface area contributed by atoms with Gasteiger partial charge in [0.05, 0.1) is 0 Å². The molecule has 0 saturated carbocycles. The van der Waals surface area contributed by atoms with Crippen molar-refractivity contribution in [2.75, 3.05) is 7.11 Å². The summed E-state index contributed by atoms with van der Waals surface area (Å²) in [4.78, 5) is 0. The Labute approximate surface area is 114 Å². The van der Waals surface area contributed by atoms with Crippen LogP contribution in [0.15, 0.2) is 61.2 Å². The van der Waals surface area contributed by atoms with Crippen LogP contribution in [0, 0.1) is 0 Å². The third-order valence-electron chi connectivity index (χ3n) is 4.11. The average Bonchev–Trinajstić information content (AvgIpc) is 2.62. The highest BCUT2D eigenvalue weighted by Gasteiger charge is 2.36. The van der Waals surface area contributed by atoms with Crippen molar-refractivity contribution < 1.29 is 4.74 Å². The van der Waals surface area contributed by atoms with Gasteiger partial charge in [-0.25, -0.2) is 0 Å². The van der Waals surface area contributed by atoms with E-state index >= 15 is 0 Å². The highest BCUT2D eigenvalue weighted by atomic mass is 16.5. The van der Waals surface area contributed by atoms with Crippen LogP contribution in [-0.2, 0) is 23.2 Å². The van der Waals surface area contributed by atoms with E-state index in [9.17, 15) is 0 Å². The van der Waals surface area contributed by atoms with Gasteiger partial charge in [0.25, 0.3) is 0 Å². The van der Waals surface area contributed by atoms with Crippen molar-refractivity contribution in [3.63, 3.8) is 0 Å². The molecule has 0 spiro atoms. The third kappa shape index (κ3) is 1.73. The Hall–Kier alpha value is -1.86. The Balaban J connectivity index is 2.34. The molecule has 1 nitrogen and oxygen atoms in total. The molecule has 0 saturated heterocycles. The fraction of sp³-hybridized carbons (Fsp3) is 0.222. The zero-order valence-electron chi connectivity index (χ0n) is 11.2. The molecule has 19 heavy (non-hydrogen) atoms. The van der Waals surface area contributed by atoms with Crippen LogP contribution < -0.4 is 0 Å². The Morgan fingerprint density at radius 3 is 1.84 bits per heavy atom. The van der Waals surface area contributed by atoms with Gasteiger partial charge in [0.1, 0.15) is 5.60 Å². The summed E-state index contributed by atoms with van der Waals surface area (Å²) < 4.78 is 5.94. The number of hydrogen-bond donors (Lipinski definition) is 0. The van der Waals surface area contributed by atoms with E-state index < -0.39 is 5.60 Å². The highest BCUT2D eigenvalue weighted by molar-refractivity contribution is 5.50. The van der Waals surface area contributed by atoms with Gasteiger partial charge in [0.2, 0.25) is 0 Å². The van der Waals surface area contributed by atoms with Crippen LogP contribution in [0.25, 0.3) is 0 Å². The smallest absolute Gasteiger partial charge is 0.136 e. The lowest BCUT2D eigenvalue weighted by Gasteiger charge is -2.31. The van der Waals surface area contributed by atoms with E-state index in [1.807, 2.05) is 6.08 Å². The van der Waals surface area contributed by atoms with Gasteiger partial charge >= 0.3 is 0 Å². The van der Waals surface area contributed by atoms with E-state index in [4.69, 9.17) is 4.74 Å². The summed E-state index contributed by atoms with van der Waals surface area (Å²) in [5.41, 5.74) is 4.61. The Morgan fingerprint density at radius 2 is 1.42 bits per heavy atom. The molecule has 1 heteroatoms. The predicted molar refractivity (Wildman–Crippen MR) is 78.3 cm³/mol. The Kier molecular flexibility index (Phi) is 3.00. The van der Waals surface area contributed by atoms with Gasteiger partial charge in [-0.3, -0.25) is 0 Å². The third-order valence-corrected chi connectivity index (χ3v) is 4.11. The second-order valence-corrected chi connectivity index (χ2v) is 4.96. The second kappa shape index (κ2) is 4.67. The summed E-state index contributed by atoms with van der Waals surface area (Å²) in [6.45, 7) is 4.04. The molecule has 0 bridgehead atoms. The maximum absolute atomic E-state index is 5.94. The van der Waals surface area contributed by atoms with Crippen LogP contribution in [0.2, 0.25) is 0 Å². The molecule has 0 unspecified atom stereocenters. The van der Waals surface area contributed by atoms with E-state index in [0.29, 0.717) is 0 Å². The van der Waals surface area contributed by atoms with Crippen LogP contribution in [0.3, 0.4) is 0 Å². The van der Waals surface area contributed by atoms with E-state index in [1.54, 1.807) is 7.11 Å². The molecular weight excluding hydrogens is 232 g/mol. The molecule has 0 atom stereocenters. The zero-order valence-corrected chi connectivity index (χ0v) is 11.2. The van der Waals surface area contributed by atoms with Crippen molar-refractivity contribution in [1.29, 1.82) is 0 Å². The van der Waals surface area contributed by atoms with Crippen molar-refractivity contribution in [2.24, 2.45) is 0 Å². The second-order valence-electron chi connectivity index (χ2n) is 4.96. The summed E-state index contributed by atoms with van der Waals surface area (Å²) in [6, 6.07) is 17.0. The molecule has 0 aliphatic heterocycles. The molecular formula is C18H18O. The SMILES string of the molecule is C=CC1(OC)c2ccccc2CCc2ccccc21. The lowest BCUT2D eigenvalue weighted by molar-refractivity contribution is 0.0653. The molecule has 2 aromatic carbocycles. The Bertz CT molecular complexity index is 565.